The molecule has 2 heterocycles. The molecule has 5 nitrogen and oxygen atoms in total. The minimum absolute atomic E-state index is 0.0260. The van der Waals surface area contributed by atoms with Crippen LogP contribution in [0.15, 0.2) is 84.9 Å². The number of carbonyl (C=O) groups is 2. The lowest BCUT2D eigenvalue weighted by Gasteiger charge is -2.40. The molecule has 2 aliphatic heterocycles. The summed E-state index contributed by atoms with van der Waals surface area (Å²) >= 11 is 0. The van der Waals surface area contributed by atoms with Gasteiger partial charge in [0.1, 0.15) is 18.0 Å². The topological polar surface area (TPSA) is 49.9 Å². The highest BCUT2D eigenvalue weighted by Gasteiger charge is 2.47. The van der Waals surface area contributed by atoms with Gasteiger partial charge in [-0.15, -0.1) is 0 Å². The van der Waals surface area contributed by atoms with Crippen LogP contribution >= 0.6 is 0 Å². The van der Waals surface area contributed by atoms with E-state index in [1.54, 1.807) is 17.0 Å². The molecule has 3 aromatic carbocycles. The second-order valence-corrected chi connectivity index (χ2v) is 8.69. The zero-order valence-corrected chi connectivity index (χ0v) is 18.2. The standard InChI is InChI=1S/C27H25FN2O3/c28-22-11-13-23(14-12-22)30-19-27(33-17-24(30)31)15-16-29(18-27)26(32)25(20-7-3-1-4-8-20)21-9-5-2-6-10-21/h1-14,25H,15-19H2/t27-/m1/s1. The summed E-state index contributed by atoms with van der Waals surface area (Å²) < 4.78 is 19.4. The summed E-state index contributed by atoms with van der Waals surface area (Å²) in [6.07, 6.45) is 0.639. The van der Waals surface area contributed by atoms with Gasteiger partial charge in [-0.25, -0.2) is 4.39 Å². The molecule has 0 aromatic heterocycles. The van der Waals surface area contributed by atoms with Crippen molar-refractivity contribution < 1.29 is 18.7 Å². The van der Waals surface area contributed by atoms with Gasteiger partial charge in [0.25, 0.3) is 5.91 Å². The largest absolute Gasteiger partial charge is 0.361 e. The first-order chi connectivity index (χ1) is 16.0. The van der Waals surface area contributed by atoms with Crippen molar-refractivity contribution in [2.75, 3.05) is 31.1 Å². The van der Waals surface area contributed by atoms with Gasteiger partial charge < -0.3 is 14.5 Å². The average molecular weight is 445 g/mol. The van der Waals surface area contributed by atoms with E-state index >= 15 is 0 Å². The molecule has 2 fully saturated rings. The van der Waals surface area contributed by atoms with Crippen LogP contribution in [0.25, 0.3) is 0 Å². The van der Waals surface area contributed by atoms with Crippen LogP contribution in [0.4, 0.5) is 10.1 Å². The van der Waals surface area contributed by atoms with Crippen LogP contribution in [-0.4, -0.2) is 48.6 Å². The summed E-state index contributed by atoms with van der Waals surface area (Å²) in [7, 11) is 0. The number of anilines is 1. The minimum Gasteiger partial charge on any atom is -0.361 e. The summed E-state index contributed by atoms with van der Waals surface area (Å²) in [4.78, 5) is 29.8. The first kappa shape index (κ1) is 21.3. The summed E-state index contributed by atoms with van der Waals surface area (Å²) in [5.41, 5.74) is 1.90. The normalized spacial score (nSPS) is 20.6. The number of hydrogen-bond donors (Lipinski definition) is 0. The van der Waals surface area contributed by atoms with Crippen LogP contribution in [0.3, 0.4) is 0 Å². The third-order valence-electron chi connectivity index (χ3n) is 6.53. The fraction of sp³-hybridized carbons (Fsp3) is 0.259. The fourth-order valence-electron chi connectivity index (χ4n) is 4.80. The second-order valence-electron chi connectivity index (χ2n) is 8.69. The van der Waals surface area contributed by atoms with Gasteiger partial charge >= 0.3 is 0 Å². The van der Waals surface area contributed by atoms with Crippen molar-refractivity contribution in [3.05, 3.63) is 102 Å². The molecule has 3 aromatic rings. The van der Waals surface area contributed by atoms with Crippen molar-refractivity contribution >= 4 is 17.5 Å². The van der Waals surface area contributed by atoms with Crippen LogP contribution < -0.4 is 4.90 Å². The zero-order valence-electron chi connectivity index (χ0n) is 18.2. The van der Waals surface area contributed by atoms with Crippen molar-refractivity contribution in [2.45, 2.75) is 17.9 Å². The Morgan fingerprint density at radius 1 is 0.879 bits per heavy atom. The molecule has 33 heavy (non-hydrogen) atoms. The Morgan fingerprint density at radius 3 is 2.09 bits per heavy atom. The third kappa shape index (κ3) is 4.26. The van der Waals surface area contributed by atoms with Crippen LogP contribution in [0.5, 0.6) is 0 Å². The Balaban J connectivity index is 1.38. The Kier molecular flexibility index (Phi) is 5.68. The molecule has 0 aliphatic carbocycles. The van der Waals surface area contributed by atoms with Crippen molar-refractivity contribution in [2.24, 2.45) is 0 Å². The first-order valence-electron chi connectivity index (χ1n) is 11.1. The highest BCUT2D eigenvalue weighted by atomic mass is 19.1. The van der Waals surface area contributed by atoms with Crippen molar-refractivity contribution in [3.63, 3.8) is 0 Å². The molecule has 0 radical (unpaired) electrons. The number of hydrogen-bond acceptors (Lipinski definition) is 3. The van der Waals surface area contributed by atoms with E-state index in [1.807, 2.05) is 65.6 Å². The maximum Gasteiger partial charge on any atom is 0.253 e. The summed E-state index contributed by atoms with van der Waals surface area (Å²) in [5, 5.41) is 0. The molecule has 1 atom stereocenters. The lowest BCUT2D eigenvalue weighted by Crippen LogP contribution is -2.56. The first-order valence-corrected chi connectivity index (χ1v) is 11.1. The highest BCUT2D eigenvalue weighted by Crippen LogP contribution is 2.35. The van der Waals surface area contributed by atoms with E-state index in [0.29, 0.717) is 31.7 Å². The average Bonchev–Trinajstić information content (AvgIpc) is 3.27. The quantitative estimate of drug-likeness (QED) is 0.612. The van der Waals surface area contributed by atoms with Gasteiger partial charge in [0, 0.05) is 12.2 Å². The van der Waals surface area contributed by atoms with Crippen LogP contribution in [-0.2, 0) is 14.3 Å². The number of benzene rings is 3. The SMILES string of the molecule is O=C(C(c1ccccc1)c1ccccc1)N1CC[C@@]2(C1)CN(c1ccc(F)cc1)C(=O)CO2. The number of rotatable bonds is 4. The molecular weight excluding hydrogens is 419 g/mol. The minimum atomic E-state index is -0.629. The second kappa shape index (κ2) is 8.79. The molecule has 0 N–H and O–H groups in total. The van der Waals surface area contributed by atoms with Crippen LogP contribution in [0, 0.1) is 5.82 Å². The summed E-state index contributed by atoms with van der Waals surface area (Å²) in [6, 6.07) is 25.5. The molecule has 5 rings (SSSR count). The van der Waals surface area contributed by atoms with Gasteiger partial charge in [-0.05, 0) is 41.8 Å². The smallest absolute Gasteiger partial charge is 0.253 e. The van der Waals surface area contributed by atoms with Crippen molar-refractivity contribution in [1.82, 2.24) is 4.90 Å². The molecule has 6 heteroatoms. The molecule has 1 spiro atoms. The number of halogens is 1. The van der Waals surface area contributed by atoms with E-state index in [1.165, 1.54) is 12.1 Å². The monoisotopic (exact) mass is 444 g/mol. The number of morpholine rings is 1. The summed E-state index contributed by atoms with van der Waals surface area (Å²) in [6.45, 7) is 1.25. The molecule has 0 unspecified atom stereocenters. The Hall–Kier alpha value is -3.51. The fourth-order valence-corrected chi connectivity index (χ4v) is 4.80. The van der Waals surface area contributed by atoms with Gasteiger partial charge in [-0.1, -0.05) is 60.7 Å². The van der Waals surface area contributed by atoms with Gasteiger partial charge in [-0.2, -0.15) is 0 Å². The van der Waals surface area contributed by atoms with Gasteiger partial charge in [-0.3, -0.25) is 9.59 Å². The Bertz CT molecular complexity index is 1100. The predicted molar refractivity (Wildman–Crippen MR) is 123 cm³/mol. The predicted octanol–water partition coefficient (Wildman–Crippen LogP) is 3.99. The van der Waals surface area contributed by atoms with Crippen molar-refractivity contribution in [1.29, 1.82) is 0 Å². The van der Waals surface area contributed by atoms with E-state index in [9.17, 15) is 14.0 Å². The lowest BCUT2D eigenvalue weighted by atomic mass is 9.90. The maximum absolute atomic E-state index is 13.8. The summed E-state index contributed by atoms with van der Waals surface area (Å²) in [5.74, 6) is -0.887. The third-order valence-corrected chi connectivity index (χ3v) is 6.53. The van der Waals surface area contributed by atoms with Gasteiger partial charge in [0.2, 0.25) is 5.91 Å². The molecule has 2 aliphatic rings. The number of ether oxygens (including phenoxy) is 1. The molecule has 2 amide bonds. The van der Waals surface area contributed by atoms with Crippen LogP contribution in [0.1, 0.15) is 23.5 Å². The van der Waals surface area contributed by atoms with E-state index in [2.05, 4.69) is 0 Å². The molecule has 2 saturated heterocycles. The van der Waals surface area contributed by atoms with Crippen molar-refractivity contribution in [3.8, 4) is 0 Å². The number of nitrogens with zero attached hydrogens (tertiary/aromatic N) is 2. The molecule has 0 bridgehead atoms. The Labute approximate surface area is 192 Å². The highest BCUT2D eigenvalue weighted by molar-refractivity contribution is 5.95. The molecule has 168 valence electrons. The number of carbonyl (C=O) groups excluding carboxylic acids is 2. The lowest BCUT2D eigenvalue weighted by molar-refractivity contribution is -0.139. The number of likely N-dealkylation sites (tertiary alicyclic amines) is 1. The van der Waals surface area contributed by atoms with Gasteiger partial charge in [0.15, 0.2) is 0 Å². The van der Waals surface area contributed by atoms with E-state index in [0.717, 1.165) is 11.1 Å². The van der Waals surface area contributed by atoms with E-state index in [4.69, 9.17) is 4.74 Å². The zero-order chi connectivity index (χ0) is 22.8. The number of amides is 2. The maximum atomic E-state index is 13.8. The molecular formula is C27H25FN2O3. The Morgan fingerprint density at radius 2 is 1.48 bits per heavy atom. The van der Waals surface area contributed by atoms with Crippen LogP contribution in [0.2, 0.25) is 0 Å². The van der Waals surface area contributed by atoms with Gasteiger partial charge in [0.05, 0.1) is 19.0 Å². The molecule has 0 saturated carbocycles. The van der Waals surface area contributed by atoms with E-state index in [-0.39, 0.29) is 24.2 Å². The van der Waals surface area contributed by atoms with E-state index < -0.39 is 11.5 Å².